The molecular formula is C20H19N3O4S. The lowest BCUT2D eigenvalue weighted by atomic mass is 10.1. The van der Waals surface area contributed by atoms with Crippen molar-refractivity contribution in [3.05, 3.63) is 78.6 Å². The van der Waals surface area contributed by atoms with Gasteiger partial charge in [0.15, 0.2) is 9.84 Å². The number of ether oxygens (including phenoxy) is 1. The zero-order valence-corrected chi connectivity index (χ0v) is 16.0. The molecule has 1 N–H and O–H groups in total. The van der Waals surface area contributed by atoms with Crippen LogP contribution in [0.4, 0.5) is 5.69 Å². The molecule has 28 heavy (non-hydrogen) atoms. The minimum absolute atomic E-state index is 0.109. The highest BCUT2D eigenvalue weighted by Gasteiger charge is 2.29. The van der Waals surface area contributed by atoms with E-state index in [1.165, 1.54) is 0 Å². The van der Waals surface area contributed by atoms with Gasteiger partial charge in [-0.25, -0.2) is 18.4 Å². The first-order chi connectivity index (χ1) is 13.4. The first kappa shape index (κ1) is 19.5. The molecule has 0 bridgehead atoms. The fraction of sp³-hybridized carbons (Fsp3) is 0.150. The molecule has 0 spiro atoms. The Morgan fingerprint density at radius 2 is 1.64 bits per heavy atom. The number of hydrogen-bond acceptors (Lipinski definition) is 6. The van der Waals surface area contributed by atoms with E-state index in [9.17, 15) is 13.2 Å². The van der Waals surface area contributed by atoms with Crippen molar-refractivity contribution in [2.45, 2.75) is 11.7 Å². The van der Waals surface area contributed by atoms with Crippen molar-refractivity contribution in [2.75, 3.05) is 11.6 Å². The van der Waals surface area contributed by atoms with Crippen LogP contribution in [0.3, 0.4) is 0 Å². The third-order valence-corrected chi connectivity index (χ3v) is 5.36. The highest BCUT2D eigenvalue weighted by Crippen LogP contribution is 2.20. The minimum Gasteiger partial charge on any atom is -0.424 e. The molecule has 1 amide bonds. The van der Waals surface area contributed by atoms with Gasteiger partial charge < -0.3 is 10.1 Å². The van der Waals surface area contributed by atoms with Gasteiger partial charge in [0.2, 0.25) is 5.91 Å². The average Bonchev–Trinajstić information content (AvgIpc) is 2.68. The van der Waals surface area contributed by atoms with E-state index in [1.807, 2.05) is 18.2 Å². The first-order valence-electron chi connectivity index (χ1n) is 8.50. The van der Waals surface area contributed by atoms with E-state index in [0.717, 1.165) is 11.8 Å². The van der Waals surface area contributed by atoms with Gasteiger partial charge in [-0.2, -0.15) is 0 Å². The average molecular weight is 397 g/mol. The van der Waals surface area contributed by atoms with Gasteiger partial charge in [0.25, 0.3) is 0 Å². The van der Waals surface area contributed by atoms with Crippen LogP contribution in [0.1, 0.15) is 5.56 Å². The molecule has 0 aliphatic heterocycles. The first-order valence-corrected chi connectivity index (χ1v) is 10.5. The van der Waals surface area contributed by atoms with Crippen LogP contribution in [0.25, 0.3) is 0 Å². The molecule has 0 saturated carbocycles. The van der Waals surface area contributed by atoms with Gasteiger partial charge >= 0.3 is 6.01 Å². The quantitative estimate of drug-likeness (QED) is 0.658. The van der Waals surface area contributed by atoms with E-state index >= 15 is 0 Å². The molecule has 3 aromatic rings. The molecule has 0 fully saturated rings. The third-order valence-electron chi connectivity index (χ3n) is 3.95. The van der Waals surface area contributed by atoms with Crippen molar-refractivity contribution in [3.63, 3.8) is 0 Å². The SMILES string of the molecule is CS(=O)(=O)[C@H](Cc1ccccc1)C(=O)Nc1ccc(Oc2ncccn2)cc1. The number of rotatable bonds is 7. The Morgan fingerprint density at radius 1 is 1.00 bits per heavy atom. The number of nitrogens with one attached hydrogen (secondary N) is 1. The fourth-order valence-corrected chi connectivity index (χ4v) is 3.48. The second kappa shape index (κ2) is 8.62. The number of sulfone groups is 1. The summed E-state index contributed by atoms with van der Waals surface area (Å²) in [5.41, 5.74) is 1.24. The summed E-state index contributed by atoms with van der Waals surface area (Å²) in [5, 5.41) is 1.48. The molecule has 1 heterocycles. The van der Waals surface area contributed by atoms with E-state index in [-0.39, 0.29) is 12.4 Å². The van der Waals surface area contributed by atoms with Crippen molar-refractivity contribution in [2.24, 2.45) is 0 Å². The molecule has 0 aliphatic rings. The van der Waals surface area contributed by atoms with Gasteiger partial charge in [0.05, 0.1) is 0 Å². The molecule has 8 heteroatoms. The fourth-order valence-electron chi connectivity index (χ4n) is 2.54. The Bertz CT molecular complexity index is 1020. The number of carbonyl (C=O) groups is 1. The van der Waals surface area contributed by atoms with Crippen LogP contribution in [0.5, 0.6) is 11.8 Å². The Balaban J connectivity index is 1.69. The van der Waals surface area contributed by atoms with Crippen LogP contribution in [0, 0.1) is 0 Å². The van der Waals surface area contributed by atoms with Crippen molar-refractivity contribution >= 4 is 21.4 Å². The van der Waals surface area contributed by atoms with Crippen LogP contribution in [-0.4, -0.2) is 35.8 Å². The minimum atomic E-state index is -3.58. The normalized spacial score (nSPS) is 12.2. The van der Waals surface area contributed by atoms with E-state index < -0.39 is 21.0 Å². The van der Waals surface area contributed by atoms with Crippen molar-refractivity contribution < 1.29 is 17.9 Å². The van der Waals surface area contributed by atoms with Gasteiger partial charge in [-0.1, -0.05) is 30.3 Å². The Hall–Kier alpha value is -3.26. The second-order valence-corrected chi connectivity index (χ2v) is 8.38. The van der Waals surface area contributed by atoms with Crippen molar-refractivity contribution in [1.29, 1.82) is 0 Å². The number of benzene rings is 2. The van der Waals surface area contributed by atoms with Crippen LogP contribution >= 0.6 is 0 Å². The number of hydrogen-bond donors (Lipinski definition) is 1. The summed E-state index contributed by atoms with van der Waals surface area (Å²) in [7, 11) is -3.58. The zero-order valence-electron chi connectivity index (χ0n) is 15.1. The van der Waals surface area contributed by atoms with Crippen LogP contribution in [0.2, 0.25) is 0 Å². The molecule has 1 aromatic heterocycles. The van der Waals surface area contributed by atoms with Gasteiger partial charge in [-0.3, -0.25) is 4.79 Å². The highest BCUT2D eigenvalue weighted by molar-refractivity contribution is 7.92. The molecule has 1 atom stereocenters. The summed E-state index contributed by atoms with van der Waals surface area (Å²) < 4.78 is 29.7. The number of nitrogens with zero attached hydrogens (tertiary/aromatic N) is 2. The maximum Gasteiger partial charge on any atom is 0.321 e. The Kier molecular flexibility index (Phi) is 6.00. The predicted molar refractivity (Wildman–Crippen MR) is 106 cm³/mol. The summed E-state index contributed by atoms with van der Waals surface area (Å²) in [6, 6.07) is 17.4. The topological polar surface area (TPSA) is 98.2 Å². The largest absolute Gasteiger partial charge is 0.424 e. The standard InChI is InChI=1S/C20H19N3O4S/c1-28(25,26)18(14-15-6-3-2-4-7-15)19(24)23-16-8-10-17(11-9-16)27-20-21-12-5-13-22-20/h2-13,18H,14H2,1H3,(H,23,24)/t18-/m1/s1. The second-order valence-electron chi connectivity index (χ2n) is 6.15. The Labute approximate surface area is 163 Å². The molecule has 0 saturated heterocycles. The van der Waals surface area contributed by atoms with E-state index in [1.54, 1.807) is 54.9 Å². The lowest BCUT2D eigenvalue weighted by Crippen LogP contribution is -2.36. The molecule has 144 valence electrons. The molecule has 7 nitrogen and oxygen atoms in total. The maximum atomic E-state index is 12.6. The van der Waals surface area contributed by atoms with Crippen molar-refractivity contribution in [3.8, 4) is 11.8 Å². The van der Waals surface area contributed by atoms with E-state index in [4.69, 9.17) is 4.74 Å². The molecule has 2 aromatic carbocycles. The van der Waals surface area contributed by atoms with Gasteiger partial charge in [-0.05, 0) is 42.3 Å². The summed E-state index contributed by atoms with van der Waals surface area (Å²) in [6.07, 6.45) is 4.30. The smallest absolute Gasteiger partial charge is 0.321 e. The van der Waals surface area contributed by atoms with Gasteiger partial charge in [-0.15, -0.1) is 0 Å². The van der Waals surface area contributed by atoms with Crippen molar-refractivity contribution in [1.82, 2.24) is 9.97 Å². The molecule has 0 aliphatic carbocycles. The zero-order chi connectivity index (χ0) is 20.0. The van der Waals surface area contributed by atoms with Crippen LogP contribution in [-0.2, 0) is 21.1 Å². The maximum absolute atomic E-state index is 12.6. The molecule has 0 unspecified atom stereocenters. The van der Waals surface area contributed by atoms with E-state index in [0.29, 0.717) is 11.4 Å². The molecule has 0 radical (unpaired) electrons. The van der Waals surface area contributed by atoms with Gasteiger partial charge in [0.1, 0.15) is 11.0 Å². The molecular weight excluding hydrogens is 378 g/mol. The lowest BCUT2D eigenvalue weighted by Gasteiger charge is -2.15. The van der Waals surface area contributed by atoms with E-state index in [2.05, 4.69) is 15.3 Å². The summed E-state index contributed by atoms with van der Waals surface area (Å²) in [4.78, 5) is 20.5. The summed E-state index contributed by atoms with van der Waals surface area (Å²) in [6.45, 7) is 0. The Morgan fingerprint density at radius 3 is 2.25 bits per heavy atom. The monoisotopic (exact) mass is 397 g/mol. The predicted octanol–water partition coefficient (Wildman–Crippen LogP) is 2.86. The van der Waals surface area contributed by atoms with Crippen LogP contribution < -0.4 is 10.1 Å². The molecule has 3 rings (SSSR count). The van der Waals surface area contributed by atoms with Crippen LogP contribution in [0.15, 0.2) is 73.1 Å². The number of anilines is 1. The number of aromatic nitrogens is 2. The summed E-state index contributed by atoms with van der Waals surface area (Å²) >= 11 is 0. The number of amides is 1. The van der Waals surface area contributed by atoms with Gasteiger partial charge in [0, 0.05) is 24.3 Å². The third kappa shape index (κ3) is 5.37. The summed E-state index contributed by atoms with van der Waals surface area (Å²) in [5.74, 6) is -0.0837. The lowest BCUT2D eigenvalue weighted by molar-refractivity contribution is -0.115. The highest BCUT2D eigenvalue weighted by atomic mass is 32.2. The number of carbonyl (C=O) groups excluding carboxylic acids is 1.